The third-order valence-corrected chi connectivity index (χ3v) is 10.1. The minimum Gasteiger partial charge on any atom is -0.455 e. The van der Waals surface area contributed by atoms with Gasteiger partial charge in [-0.2, -0.15) is 0 Å². The fraction of sp³-hybridized carbons (Fsp3) is 0. The van der Waals surface area contributed by atoms with Crippen LogP contribution in [0.3, 0.4) is 0 Å². The Morgan fingerprint density at radius 1 is 0.265 bits per heavy atom. The molecule has 0 aliphatic carbocycles. The Balaban J connectivity index is 1.20. The third kappa shape index (κ3) is 4.40. The number of benzene rings is 9. The molecule has 0 aliphatic heterocycles. The van der Waals surface area contributed by atoms with E-state index in [0.29, 0.717) is 0 Å². The molecule has 0 amide bonds. The fourth-order valence-corrected chi connectivity index (χ4v) is 7.84. The Kier molecular flexibility index (Phi) is 6.25. The molecule has 10 rings (SSSR count). The van der Waals surface area contributed by atoms with Crippen LogP contribution in [0.15, 0.2) is 186 Å². The van der Waals surface area contributed by atoms with E-state index in [-0.39, 0.29) is 0 Å². The first-order valence-corrected chi connectivity index (χ1v) is 16.8. The van der Waals surface area contributed by atoms with Crippen molar-refractivity contribution < 1.29 is 4.42 Å². The van der Waals surface area contributed by atoms with Crippen LogP contribution < -0.4 is 0 Å². The van der Waals surface area contributed by atoms with Crippen molar-refractivity contribution >= 4 is 54.3 Å². The summed E-state index contributed by atoms with van der Waals surface area (Å²) in [6, 6.07) is 65.8. The van der Waals surface area contributed by atoms with E-state index in [0.717, 1.165) is 27.3 Å². The van der Waals surface area contributed by atoms with Gasteiger partial charge in [-0.25, -0.2) is 0 Å². The molecule has 1 heterocycles. The van der Waals surface area contributed by atoms with Crippen LogP contribution in [0, 0.1) is 0 Å². The summed E-state index contributed by atoms with van der Waals surface area (Å²) in [4.78, 5) is 0. The standard InChI is InChI=1S/C48H30O/c1-2-13-31(14-3-1)32-25-27-33(28-26-32)46-38-19-5-7-21-40(38)47(41-22-8-6-20-39(41)46)35-16-12-15-34(29-35)43-30-44-37-18-10-11-24-45(37)49-48(44)42-23-9-4-17-36(42)43/h1-30H. The summed E-state index contributed by atoms with van der Waals surface area (Å²) in [6.45, 7) is 0. The second-order valence-corrected chi connectivity index (χ2v) is 12.8. The minimum absolute atomic E-state index is 0.918. The molecule has 1 nitrogen and oxygen atoms in total. The lowest BCUT2D eigenvalue weighted by Crippen LogP contribution is -1.91. The van der Waals surface area contributed by atoms with E-state index in [1.54, 1.807) is 0 Å². The van der Waals surface area contributed by atoms with Gasteiger partial charge in [-0.1, -0.05) is 164 Å². The minimum atomic E-state index is 0.918. The van der Waals surface area contributed by atoms with E-state index >= 15 is 0 Å². The average Bonchev–Trinajstić information content (AvgIpc) is 3.56. The fourth-order valence-electron chi connectivity index (χ4n) is 7.84. The Morgan fingerprint density at radius 3 is 1.41 bits per heavy atom. The zero-order valence-electron chi connectivity index (χ0n) is 26.7. The maximum Gasteiger partial charge on any atom is 0.143 e. The van der Waals surface area contributed by atoms with Gasteiger partial charge in [0, 0.05) is 16.2 Å². The van der Waals surface area contributed by atoms with Gasteiger partial charge in [0.25, 0.3) is 0 Å². The predicted octanol–water partition coefficient (Wildman–Crippen LogP) is 13.7. The number of fused-ring (bicyclic) bond motifs is 7. The Morgan fingerprint density at radius 2 is 0.735 bits per heavy atom. The number of hydrogen-bond donors (Lipinski definition) is 0. The summed E-state index contributed by atoms with van der Waals surface area (Å²) in [7, 11) is 0. The quantitative estimate of drug-likeness (QED) is 0.178. The van der Waals surface area contributed by atoms with Crippen molar-refractivity contribution in [1.82, 2.24) is 0 Å². The predicted molar refractivity (Wildman–Crippen MR) is 208 cm³/mol. The van der Waals surface area contributed by atoms with Crippen LogP contribution in [0.2, 0.25) is 0 Å². The summed E-state index contributed by atoms with van der Waals surface area (Å²) < 4.78 is 6.42. The number of para-hydroxylation sites is 1. The molecule has 0 saturated heterocycles. The summed E-state index contributed by atoms with van der Waals surface area (Å²) in [5.41, 5.74) is 11.7. The van der Waals surface area contributed by atoms with Crippen molar-refractivity contribution in [2.75, 3.05) is 0 Å². The summed E-state index contributed by atoms with van der Waals surface area (Å²) in [6.07, 6.45) is 0. The molecular formula is C48H30O. The van der Waals surface area contributed by atoms with Crippen LogP contribution >= 0.6 is 0 Å². The van der Waals surface area contributed by atoms with Crippen molar-refractivity contribution in [1.29, 1.82) is 0 Å². The van der Waals surface area contributed by atoms with Crippen molar-refractivity contribution in [3.63, 3.8) is 0 Å². The SMILES string of the molecule is c1ccc(-c2ccc(-c3c4ccccc4c(-c4cccc(-c5cc6c7ccccc7oc6c6ccccc56)c4)c4ccccc34)cc2)cc1. The molecule has 10 aromatic rings. The average molecular weight is 623 g/mol. The summed E-state index contributed by atoms with van der Waals surface area (Å²) >= 11 is 0. The third-order valence-electron chi connectivity index (χ3n) is 10.1. The van der Waals surface area contributed by atoms with Gasteiger partial charge in [0.1, 0.15) is 11.2 Å². The Labute approximate surface area is 284 Å². The largest absolute Gasteiger partial charge is 0.455 e. The molecule has 0 radical (unpaired) electrons. The Bertz CT molecular complexity index is 2800. The maximum atomic E-state index is 6.42. The van der Waals surface area contributed by atoms with Gasteiger partial charge in [0.05, 0.1) is 0 Å². The molecule has 0 unspecified atom stereocenters. The molecule has 0 atom stereocenters. The smallest absolute Gasteiger partial charge is 0.143 e. The van der Waals surface area contributed by atoms with Gasteiger partial charge >= 0.3 is 0 Å². The van der Waals surface area contributed by atoms with E-state index in [9.17, 15) is 0 Å². The second kappa shape index (κ2) is 11.1. The molecule has 1 aromatic heterocycles. The van der Waals surface area contributed by atoms with Crippen molar-refractivity contribution in [2.45, 2.75) is 0 Å². The van der Waals surface area contributed by atoms with E-state index < -0.39 is 0 Å². The van der Waals surface area contributed by atoms with Crippen LogP contribution in [0.4, 0.5) is 0 Å². The van der Waals surface area contributed by atoms with Crippen molar-refractivity contribution in [2.24, 2.45) is 0 Å². The monoisotopic (exact) mass is 622 g/mol. The van der Waals surface area contributed by atoms with Gasteiger partial charge in [-0.05, 0) is 89.6 Å². The first kappa shape index (κ1) is 27.7. The van der Waals surface area contributed by atoms with Gasteiger partial charge in [-0.15, -0.1) is 0 Å². The Hall–Kier alpha value is -6.44. The maximum absolute atomic E-state index is 6.42. The molecule has 0 saturated carbocycles. The van der Waals surface area contributed by atoms with E-state index in [2.05, 4.69) is 176 Å². The van der Waals surface area contributed by atoms with Gasteiger partial charge < -0.3 is 4.42 Å². The van der Waals surface area contributed by atoms with E-state index in [1.165, 1.54) is 71.4 Å². The lowest BCUT2D eigenvalue weighted by molar-refractivity contribution is 0.672. The van der Waals surface area contributed by atoms with E-state index in [4.69, 9.17) is 4.42 Å². The molecule has 0 spiro atoms. The van der Waals surface area contributed by atoms with Crippen molar-refractivity contribution in [3.05, 3.63) is 182 Å². The molecule has 0 aliphatic rings. The highest BCUT2D eigenvalue weighted by molar-refractivity contribution is 6.22. The molecule has 0 bridgehead atoms. The summed E-state index contributed by atoms with van der Waals surface area (Å²) in [5.74, 6) is 0. The highest BCUT2D eigenvalue weighted by Crippen LogP contribution is 2.45. The zero-order chi connectivity index (χ0) is 32.3. The molecule has 9 aromatic carbocycles. The van der Waals surface area contributed by atoms with Gasteiger partial charge in [0.15, 0.2) is 0 Å². The lowest BCUT2D eigenvalue weighted by Gasteiger charge is -2.18. The van der Waals surface area contributed by atoms with Crippen LogP contribution in [0.25, 0.3) is 98.8 Å². The number of rotatable bonds is 4. The highest BCUT2D eigenvalue weighted by Gasteiger charge is 2.19. The van der Waals surface area contributed by atoms with Gasteiger partial charge in [0.2, 0.25) is 0 Å². The molecule has 49 heavy (non-hydrogen) atoms. The van der Waals surface area contributed by atoms with Crippen LogP contribution in [-0.4, -0.2) is 0 Å². The topological polar surface area (TPSA) is 13.1 Å². The van der Waals surface area contributed by atoms with Gasteiger partial charge in [-0.3, -0.25) is 0 Å². The molecule has 1 heteroatoms. The van der Waals surface area contributed by atoms with E-state index in [1.807, 2.05) is 6.07 Å². The molecule has 0 fully saturated rings. The first-order chi connectivity index (χ1) is 24.3. The van der Waals surface area contributed by atoms with Crippen LogP contribution in [-0.2, 0) is 0 Å². The highest BCUT2D eigenvalue weighted by atomic mass is 16.3. The first-order valence-electron chi connectivity index (χ1n) is 16.8. The molecule has 228 valence electrons. The van der Waals surface area contributed by atoms with Crippen LogP contribution in [0.1, 0.15) is 0 Å². The lowest BCUT2D eigenvalue weighted by atomic mass is 9.85. The molecular weight excluding hydrogens is 593 g/mol. The normalized spacial score (nSPS) is 11.7. The number of hydrogen-bond acceptors (Lipinski definition) is 1. The molecule has 0 N–H and O–H groups in total. The van der Waals surface area contributed by atoms with Crippen LogP contribution in [0.5, 0.6) is 0 Å². The number of furan rings is 1. The summed E-state index contributed by atoms with van der Waals surface area (Å²) in [5, 5.41) is 9.63. The zero-order valence-corrected chi connectivity index (χ0v) is 26.7. The van der Waals surface area contributed by atoms with Crippen molar-refractivity contribution in [3.8, 4) is 44.5 Å². The second-order valence-electron chi connectivity index (χ2n) is 12.8.